The standard InChI is InChI=1S/C16H34N2/c1-3-9-16-10-14-18(15-11-16)13-8-6-5-7-12-17-4-2/h16-17H,3-15H2,1-2H3. The van der Waals surface area contributed by atoms with Crippen LogP contribution in [0.25, 0.3) is 0 Å². The number of nitrogens with one attached hydrogen (secondary N) is 1. The summed E-state index contributed by atoms with van der Waals surface area (Å²) in [6.07, 6.45) is 11.3. The molecule has 1 saturated heterocycles. The van der Waals surface area contributed by atoms with Crippen molar-refractivity contribution in [2.45, 2.75) is 65.2 Å². The van der Waals surface area contributed by atoms with Crippen molar-refractivity contribution in [3.63, 3.8) is 0 Å². The number of piperidine rings is 1. The van der Waals surface area contributed by atoms with E-state index in [1.165, 1.54) is 77.5 Å². The van der Waals surface area contributed by atoms with Crippen LogP contribution >= 0.6 is 0 Å². The number of hydrogen-bond acceptors (Lipinski definition) is 2. The average molecular weight is 254 g/mol. The minimum absolute atomic E-state index is 1.03. The summed E-state index contributed by atoms with van der Waals surface area (Å²) in [6, 6.07) is 0. The molecule has 0 atom stereocenters. The summed E-state index contributed by atoms with van der Waals surface area (Å²) >= 11 is 0. The molecule has 1 aliphatic heterocycles. The van der Waals surface area contributed by atoms with Crippen LogP contribution in [0, 0.1) is 5.92 Å². The lowest BCUT2D eigenvalue weighted by Crippen LogP contribution is -2.34. The number of likely N-dealkylation sites (tertiary alicyclic amines) is 1. The molecule has 2 heteroatoms. The van der Waals surface area contributed by atoms with Gasteiger partial charge in [-0.25, -0.2) is 0 Å². The van der Waals surface area contributed by atoms with Crippen molar-refractivity contribution in [2.75, 3.05) is 32.7 Å². The monoisotopic (exact) mass is 254 g/mol. The normalized spacial score (nSPS) is 18.3. The van der Waals surface area contributed by atoms with E-state index in [1.54, 1.807) is 0 Å². The summed E-state index contributed by atoms with van der Waals surface area (Å²) in [7, 11) is 0. The van der Waals surface area contributed by atoms with Crippen LogP contribution in [0.4, 0.5) is 0 Å². The molecule has 0 aromatic carbocycles. The van der Waals surface area contributed by atoms with E-state index in [0.717, 1.165) is 12.5 Å². The molecule has 0 bridgehead atoms. The topological polar surface area (TPSA) is 15.3 Å². The number of hydrogen-bond donors (Lipinski definition) is 1. The number of rotatable bonds is 10. The smallest absolute Gasteiger partial charge is 0.00161 e. The molecule has 2 nitrogen and oxygen atoms in total. The minimum atomic E-state index is 1.03. The molecule has 0 unspecified atom stereocenters. The zero-order chi connectivity index (χ0) is 13.1. The first-order valence-corrected chi connectivity index (χ1v) is 8.29. The van der Waals surface area contributed by atoms with Gasteiger partial charge in [0.2, 0.25) is 0 Å². The molecule has 1 fully saturated rings. The van der Waals surface area contributed by atoms with Crippen LogP contribution in [-0.4, -0.2) is 37.6 Å². The molecule has 1 heterocycles. The van der Waals surface area contributed by atoms with Gasteiger partial charge in [-0.1, -0.05) is 39.5 Å². The second-order valence-corrected chi connectivity index (χ2v) is 5.84. The summed E-state index contributed by atoms with van der Waals surface area (Å²) in [5.41, 5.74) is 0. The predicted molar refractivity (Wildman–Crippen MR) is 81.1 cm³/mol. The minimum Gasteiger partial charge on any atom is -0.317 e. The number of unbranched alkanes of at least 4 members (excludes halogenated alkanes) is 3. The molecule has 0 aliphatic carbocycles. The Balaban J connectivity index is 1.88. The first-order valence-electron chi connectivity index (χ1n) is 8.29. The third-order valence-electron chi connectivity index (χ3n) is 4.23. The van der Waals surface area contributed by atoms with Crippen LogP contribution in [0.15, 0.2) is 0 Å². The maximum Gasteiger partial charge on any atom is -0.00161 e. The zero-order valence-corrected chi connectivity index (χ0v) is 12.7. The van der Waals surface area contributed by atoms with Crippen molar-refractivity contribution in [1.82, 2.24) is 10.2 Å². The van der Waals surface area contributed by atoms with E-state index in [4.69, 9.17) is 0 Å². The highest BCUT2D eigenvalue weighted by Crippen LogP contribution is 2.21. The maximum atomic E-state index is 3.39. The quantitative estimate of drug-likeness (QED) is 0.598. The fraction of sp³-hybridized carbons (Fsp3) is 1.00. The van der Waals surface area contributed by atoms with Crippen LogP contribution in [0.5, 0.6) is 0 Å². The Morgan fingerprint density at radius 3 is 2.39 bits per heavy atom. The largest absolute Gasteiger partial charge is 0.317 e. The van der Waals surface area contributed by atoms with Crippen molar-refractivity contribution in [1.29, 1.82) is 0 Å². The molecule has 1 N–H and O–H groups in total. The second kappa shape index (κ2) is 10.8. The second-order valence-electron chi connectivity index (χ2n) is 5.84. The Morgan fingerprint density at radius 2 is 1.72 bits per heavy atom. The van der Waals surface area contributed by atoms with Crippen molar-refractivity contribution in [2.24, 2.45) is 5.92 Å². The number of nitrogens with zero attached hydrogens (tertiary/aromatic N) is 1. The third-order valence-corrected chi connectivity index (χ3v) is 4.23. The van der Waals surface area contributed by atoms with E-state index in [9.17, 15) is 0 Å². The molecule has 1 aliphatic rings. The highest BCUT2D eigenvalue weighted by atomic mass is 15.1. The molecule has 0 saturated carbocycles. The van der Waals surface area contributed by atoms with Gasteiger partial charge in [-0.2, -0.15) is 0 Å². The van der Waals surface area contributed by atoms with Crippen LogP contribution < -0.4 is 5.32 Å². The molecule has 0 radical (unpaired) electrons. The van der Waals surface area contributed by atoms with Gasteiger partial charge in [-0.3, -0.25) is 0 Å². The Labute approximate surface area is 115 Å². The van der Waals surface area contributed by atoms with Gasteiger partial charge in [-0.05, 0) is 64.3 Å². The summed E-state index contributed by atoms with van der Waals surface area (Å²) in [5.74, 6) is 1.03. The van der Waals surface area contributed by atoms with E-state index in [2.05, 4.69) is 24.1 Å². The molecule has 0 aromatic rings. The van der Waals surface area contributed by atoms with Crippen molar-refractivity contribution in [3.05, 3.63) is 0 Å². The van der Waals surface area contributed by atoms with Crippen LogP contribution in [0.3, 0.4) is 0 Å². The Bertz CT molecular complexity index is 174. The van der Waals surface area contributed by atoms with Gasteiger partial charge < -0.3 is 10.2 Å². The van der Waals surface area contributed by atoms with E-state index in [-0.39, 0.29) is 0 Å². The predicted octanol–water partition coefficient (Wildman–Crippen LogP) is 3.67. The fourth-order valence-electron chi connectivity index (χ4n) is 3.02. The molecule has 108 valence electrons. The lowest BCUT2D eigenvalue weighted by Gasteiger charge is -2.31. The van der Waals surface area contributed by atoms with Gasteiger partial charge in [0.15, 0.2) is 0 Å². The molecule has 1 rings (SSSR count). The van der Waals surface area contributed by atoms with Crippen molar-refractivity contribution >= 4 is 0 Å². The van der Waals surface area contributed by atoms with Crippen molar-refractivity contribution in [3.8, 4) is 0 Å². The van der Waals surface area contributed by atoms with E-state index >= 15 is 0 Å². The first-order chi connectivity index (χ1) is 8.86. The van der Waals surface area contributed by atoms with Crippen LogP contribution in [-0.2, 0) is 0 Å². The van der Waals surface area contributed by atoms with Gasteiger partial charge in [0.25, 0.3) is 0 Å². The van der Waals surface area contributed by atoms with Crippen LogP contribution in [0.2, 0.25) is 0 Å². The lowest BCUT2D eigenvalue weighted by atomic mass is 9.92. The van der Waals surface area contributed by atoms with E-state index < -0.39 is 0 Å². The average Bonchev–Trinajstić information content (AvgIpc) is 2.40. The van der Waals surface area contributed by atoms with E-state index in [1.807, 2.05) is 0 Å². The summed E-state index contributed by atoms with van der Waals surface area (Å²) in [4.78, 5) is 2.69. The Morgan fingerprint density at radius 1 is 1.00 bits per heavy atom. The van der Waals surface area contributed by atoms with Crippen LogP contribution in [0.1, 0.15) is 65.2 Å². The molecular formula is C16H34N2. The molecule has 0 aromatic heterocycles. The maximum absolute atomic E-state index is 3.39. The van der Waals surface area contributed by atoms with Gasteiger partial charge in [0, 0.05) is 0 Å². The van der Waals surface area contributed by atoms with Crippen molar-refractivity contribution < 1.29 is 0 Å². The molecular weight excluding hydrogens is 220 g/mol. The van der Waals surface area contributed by atoms with E-state index in [0.29, 0.717) is 0 Å². The summed E-state index contributed by atoms with van der Waals surface area (Å²) in [5, 5.41) is 3.39. The molecule has 0 amide bonds. The van der Waals surface area contributed by atoms with Gasteiger partial charge in [0.1, 0.15) is 0 Å². The molecule has 0 spiro atoms. The highest BCUT2D eigenvalue weighted by molar-refractivity contribution is 4.71. The molecule has 18 heavy (non-hydrogen) atoms. The summed E-state index contributed by atoms with van der Waals surface area (Å²) < 4.78 is 0. The first kappa shape index (κ1) is 16.0. The Hall–Kier alpha value is -0.0800. The van der Waals surface area contributed by atoms with Gasteiger partial charge in [-0.15, -0.1) is 0 Å². The highest BCUT2D eigenvalue weighted by Gasteiger charge is 2.17. The zero-order valence-electron chi connectivity index (χ0n) is 12.7. The Kier molecular flexibility index (Phi) is 9.59. The van der Waals surface area contributed by atoms with Gasteiger partial charge in [0.05, 0.1) is 0 Å². The lowest BCUT2D eigenvalue weighted by molar-refractivity contribution is 0.175. The van der Waals surface area contributed by atoms with Gasteiger partial charge >= 0.3 is 0 Å². The third kappa shape index (κ3) is 7.38. The fourth-order valence-corrected chi connectivity index (χ4v) is 3.02. The summed E-state index contributed by atoms with van der Waals surface area (Å²) in [6.45, 7) is 10.9. The SMILES string of the molecule is CCCC1CCN(CCCCCCNCC)CC1.